The summed E-state index contributed by atoms with van der Waals surface area (Å²) in [6.07, 6.45) is 1.53. The van der Waals surface area contributed by atoms with E-state index in [0.29, 0.717) is 26.8 Å². The van der Waals surface area contributed by atoms with Crippen LogP contribution in [0.2, 0.25) is 0 Å². The van der Waals surface area contributed by atoms with E-state index in [0.717, 1.165) is 17.3 Å². The highest BCUT2D eigenvalue weighted by atomic mass is 79.9. The molecule has 0 fully saturated rings. The summed E-state index contributed by atoms with van der Waals surface area (Å²) in [4.78, 5) is 26.6. The van der Waals surface area contributed by atoms with E-state index >= 15 is 0 Å². The molecule has 3 aromatic rings. The van der Waals surface area contributed by atoms with E-state index in [4.69, 9.17) is 9.84 Å². The van der Waals surface area contributed by atoms with Gasteiger partial charge in [-0.25, -0.2) is 14.6 Å². The predicted molar refractivity (Wildman–Crippen MR) is 114 cm³/mol. The molecule has 10 heteroatoms. The Labute approximate surface area is 184 Å². The third-order valence-electron chi connectivity index (χ3n) is 3.84. The zero-order chi connectivity index (χ0) is 21.7. The van der Waals surface area contributed by atoms with Crippen LogP contribution >= 0.6 is 27.7 Å². The summed E-state index contributed by atoms with van der Waals surface area (Å²) in [6.45, 7) is 1.99. The van der Waals surface area contributed by atoms with E-state index in [-0.39, 0.29) is 17.1 Å². The Morgan fingerprint density at radius 2 is 1.93 bits per heavy atom. The van der Waals surface area contributed by atoms with E-state index in [9.17, 15) is 14.7 Å². The van der Waals surface area contributed by atoms with Crippen molar-refractivity contribution >= 4 is 45.7 Å². The van der Waals surface area contributed by atoms with Gasteiger partial charge in [-0.15, -0.1) is 5.10 Å². The summed E-state index contributed by atoms with van der Waals surface area (Å²) in [5, 5.41) is 25.3. The fraction of sp³-hybridized carbons (Fsp3) is 0.100. The maximum absolute atomic E-state index is 11.6. The largest absolute Gasteiger partial charge is 0.488 e. The normalized spacial score (nSPS) is 11.3. The number of aliphatic carboxylic acids is 1. The molecule has 30 heavy (non-hydrogen) atoms. The van der Waals surface area contributed by atoms with E-state index in [1.54, 1.807) is 37.3 Å². The number of aryl methyl sites for hydroxylation is 1. The number of benzene rings is 2. The minimum absolute atomic E-state index is 0.0769. The second kappa shape index (κ2) is 9.59. The Morgan fingerprint density at radius 3 is 2.50 bits per heavy atom. The SMILES string of the molecule is Cc1nc(S/C(=C\c2ccc(OCc3ccc(C(=O)O)cc3)c(Br)c2)C(=O)O)n[nH]1. The molecular formula is C20H16BrN3O5S. The number of carboxylic acids is 2. The summed E-state index contributed by atoms with van der Waals surface area (Å²) >= 11 is 4.39. The molecule has 0 saturated heterocycles. The highest BCUT2D eigenvalue weighted by Crippen LogP contribution is 2.30. The zero-order valence-electron chi connectivity index (χ0n) is 15.6. The van der Waals surface area contributed by atoms with Gasteiger partial charge in [0, 0.05) is 0 Å². The van der Waals surface area contributed by atoms with Crippen LogP contribution in [0.3, 0.4) is 0 Å². The molecule has 3 N–H and O–H groups in total. The standard InChI is InChI=1S/C20H16BrN3O5S/c1-11-22-20(24-23-11)30-17(19(27)28)9-13-4-7-16(15(21)8-13)29-10-12-2-5-14(6-3-12)18(25)26/h2-9H,10H2,1H3,(H,25,26)(H,27,28)(H,22,23,24)/b17-9-. The number of H-pyrrole nitrogens is 1. The molecule has 0 aliphatic rings. The lowest BCUT2D eigenvalue weighted by Gasteiger charge is -2.09. The Kier molecular flexibility index (Phi) is 6.91. The van der Waals surface area contributed by atoms with Gasteiger partial charge in [-0.2, -0.15) is 0 Å². The molecule has 0 aliphatic carbocycles. The number of carboxylic acid groups (broad SMARTS) is 2. The number of aromatic carboxylic acids is 1. The van der Waals surface area contributed by atoms with Gasteiger partial charge in [-0.3, -0.25) is 5.10 Å². The number of hydrogen-bond acceptors (Lipinski definition) is 6. The minimum Gasteiger partial charge on any atom is -0.488 e. The number of aromatic amines is 1. The van der Waals surface area contributed by atoms with Crippen LogP contribution in [0.15, 0.2) is 57.0 Å². The van der Waals surface area contributed by atoms with Gasteiger partial charge in [-0.05, 0) is 76.1 Å². The molecular weight excluding hydrogens is 474 g/mol. The molecule has 8 nitrogen and oxygen atoms in total. The van der Waals surface area contributed by atoms with Gasteiger partial charge >= 0.3 is 11.9 Å². The first-order valence-corrected chi connectivity index (χ1v) is 10.2. The molecule has 0 spiro atoms. The van der Waals surface area contributed by atoms with Crippen LogP contribution in [-0.4, -0.2) is 37.3 Å². The van der Waals surface area contributed by atoms with E-state index in [1.807, 2.05) is 0 Å². The summed E-state index contributed by atoms with van der Waals surface area (Å²) < 4.78 is 6.42. The molecule has 2 aromatic carbocycles. The van der Waals surface area contributed by atoms with Crippen molar-refractivity contribution in [1.82, 2.24) is 15.2 Å². The Balaban J connectivity index is 1.70. The maximum Gasteiger partial charge on any atom is 0.342 e. The first-order chi connectivity index (χ1) is 14.3. The van der Waals surface area contributed by atoms with E-state index < -0.39 is 11.9 Å². The molecule has 0 aliphatic heterocycles. The average molecular weight is 490 g/mol. The third-order valence-corrected chi connectivity index (χ3v) is 5.33. The van der Waals surface area contributed by atoms with Gasteiger partial charge in [0.05, 0.1) is 10.0 Å². The van der Waals surface area contributed by atoms with Crippen molar-refractivity contribution in [2.75, 3.05) is 0 Å². The summed E-state index contributed by atoms with van der Waals surface area (Å²) in [7, 11) is 0. The highest BCUT2D eigenvalue weighted by Gasteiger charge is 2.13. The number of aromatic nitrogens is 3. The number of ether oxygens (including phenoxy) is 1. The van der Waals surface area contributed by atoms with Gasteiger partial charge in [0.15, 0.2) is 0 Å². The fourth-order valence-corrected chi connectivity index (χ4v) is 3.64. The van der Waals surface area contributed by atoms with Gasteiger partial charge in [0.25, 0.3) is 0 Å². The number of rotatable bonds is 8. The lowest BCUT2D eigenvalue weighted by atomic mass is 10.1. The molecule has 0 bridgehead atoms. The fourth-order valence-electron chi connectivity index (χ4n) is 2.38. The Morgan fingerprint density at radius 1 is 1.20 bits per heavy atom. The first kappa shape index (κ1) is 21.6. The Bertz CT molecular complexity index is 1110. The summed E-state index contributed by atoms with van der Waals surface area (Å²) in [5.41, 5.74) is 1.70. The quantitative estimate of drug-likeness (QED) is 0.314. The maximum atomic E-state index is 11.6. The highest BCUT2D eigenvalue weighted by molar-refractivity contribution is 9.10. The van der Waals surface area contributed by atoms with Crippen LogP contribution in [0.1, 0.15) is 27.3 Å². The van der Waals surface area contributed by atoms with E-state index in [2.05, 4.69) is 31.1 Å². The summed E-state index contributed by atoms with van der Waals surface area (Å²) in [6, 6.07) is 11.6. The average Bonchev–Trinajstić information content (AvgIpc) is 3.12. The molecule has 0 atom stereocenters. The van der Waals surface area contributed by atoms with Crippen LogP contribution in [0.25, 0.3) is 6.08 Å². The number of halogens is 1. The van der Waals surface area contributed by atoms with Crippen molar-refractivity contribution in [3.05, 3.63) is 74.4 Å². The molecule has 0 radical (unpaired) electrons. The second-order valence-corrected chi connectivity index (χ2v) is 7.96. The number of carbonyl (C=O) groups is 2. The van der Waals surface area contributed by atoms with Gasteiger partial charge in [0.1, 0.15) is 23.1 Å². The topological polar surface area (TPSA) is 125 Å². The van der Waals surface area contributed by atoms with Crippen LogP contribution in [0.5, 0.6) is 5.75 Å². The number of hydrogen-bond donors (Lipinski definition) is 3. The predicted octanol–water partition coefficient (Wildman–Crippen LogP) is 4.37. The number of thioether (sulfide) groups is 1. The van der Waals surface area contributed by atoms with Crippen LogP contribution in [0.4, 0.5) is 0 Å². The van der Waals surface area contributed by atoms with Crippen molar-refractivity contribution in [3.8, 4) is 5.75 Å². The zero-order valence-corrected chi connectivity index (χ0v) is 18.0. The van der Waals surface area contributed by atoms with Crippen LogP contribution < -0.4 is 4.74 Å². The molecule has 154 valence electrons. The van der Waals surface area contributed by atoms with Gasteiger partial charge in [0.2, 0.25) is 5.16 Å². The second-order valence-electron chi connectivity index (χ2n) is 6.10. The van der Waals surface area contributed by atoms with Crippen molar-refractivity contribution in [1.29, 1.82) is 0 Å². The monoisotopic (exact) mass is 489 g/mol. The molecule has 3 rings (SSSR count). The van der Waals surface area contributed by atoms with E-state index in [1.165, 1.54) is 18.2 Å². The number of nitrogens with one attached hydrogen (secondary N) is 1. The molecule has 1 heterocycles. The third kappa shape index (κ3) is 5.71. The Hall–Kier alpha value is -3.11. The van der Waals surface area contributed by atoms with Crippen molar-refractivity contribution in [3.63, 3.8) is 0 Å². The first-order valence-electron chi connectivity index (χ1n) is 8.58. The smallest absolute Gasteiger partial charge is 0.342 e. The molecule has 0 amide bonds. The molecule has 0 saturated carbocycles. The molecule has 1 aromatic heterocycles. The minimum atomic E-state index is -1.08. The van der Waals surface area contributed by atoms with Crippen LogP contribution in [-0.2, 0) is 11.4 Å². The van der Waals surface area contributed by atoms with Crippen molar-refractivity contribution in [2.24, 2.45) is 0 Å². The van der Waals surface area contributed by atoms with Crippen LogP contribution in [0, 0.1) is 6.92 Å². The van der Waals surface area contributed by atoms with Crippen molar-refractivity contribution in [2.45, 2.75) is 18.7 Å². The lowest BCUT2D eigenvalue weighted by Crippen LogP contribution is -1.99. The molecule has 0 unspecified atom stereocenters. The van der Waals surface area contributed by atoms with Gasteiger partial charge < -0.3 is 14.9 Å². The van der Waals surface area contributed by atoms with Gasteiger partial charge in [-0.1, -0.05) is 18.2 Å². The van der Waals surface area contributed by atoms with Crippen molar-refractivity contribution < 1.29 is 24.5 Å². The number of nitrogens with zero attached hydrogens (tertiary/aromatic N) is 2. The summed E-state index contributed by atoms with van der Waals surface area (Å²) in [5.74, 6) is -0.887. The lowest BCUT2D eigenvalue weighted by molar-refractivity contribution is -0.131.